The SMILES string of the molecule is O=C(COC(=O)C1C[C@H]2CCC[C@H](C1)C2=O)Nc1cccc(Cl)c1. The maximum Gasteiger partial charge on any atom is 0.309 e. The number of esters is 1. The van der Waals surface area contributed by atoms with Crippen molar-refractivity contribution in [1.29, 1.82) is 0 Å². The number of benzene rings is 1. The normalized spacial score (nSPS) is 25.9. The number of carbonyl (C=O) groups is 3. The Morgan fingerprint density at radius 3 is 2.58 bits per heavy atom. The Morgan fingerprint density at radius 1 is 1.21 bits per heavy atom. The number of halogens is 1. The van der Waals surface area contributed by atoms with Crippen molar-refractivity contribution in [1.82, 2.24) is 0 Å². The molecule has 0 heterocycles. The fourth-order valence-electron chi connectivity index (χ4n) is 3.69. The van der Waals surface area contributed by atoms with Crippen LogP contribution >= 0.6 is 11.6 Å². The molecule has 1 N–H and O–H groups in total. The molecule has 2 fully saturated rings. The van der Waals surface area contributed by atoms with Crippen LogP contribution in [0.4, 0.5) is 5.69 Å². The zero-order valence-corrected chi connectivity index (χ0v) is 14.1. The second kappa shape index (κ2) is 7.34. The smallest absolute Gasteiger partial charge is 0.309 e. The van der Waals surface area contributed by atoms with Crippen molar-refractivity contribution in [2.45, 2.75) is 32.1 Å². The van der Waals surface area contributed by atoms with Crippen LogP contribution in [0.3, 0.4) is 0 Å². The topological polar surface area (TPSA) is 72.5 Å². The molecule has 0 spiro atoms. The molecule has 128 valence electrons. The van der Waals surface area contributed by atoms with Crippen LogP contribution in [0.25, 0.3) is 0 Å². The number of nitrogens with one attached hydrogen (secondary N) is 1. The number of anilines is 1. The van der Waals surface area contributed by atoms with E-state index in [2.05, 4.69) is 5.32 Å². The van der Waals surface area contributed by atoms with Crippen LogP contribution in [0, 0.1) is 17.8 Å². The third-order valence-corrected chi connectivity index (χ3v) is 5.07. The van der Waals surface area contributed by atoms with E-state index in [9.17, 15) is 14.4 Å². The lowest BCUT2D eigenvalue weighted by molar-refractivity contribution is -0.155. The number of amides is 1. The summed E-state index contributed by atoms with van der Waals surface area (Å²) in [6.07, 6.45) is 3.92. The molecule has 1 amide bonds. The molecule has 0 unspecified atom stereocenters. The molecule has 2 bridgehead atoms. The Kier molecular flexibility index (Phi) is 5.19. The summed E-state index contributed by atoms with van der Waals surface area (Å²) in [5.41, 5.74) is 0.557. The summed E-state index contributed by atoms with van der Waals surface area (Å²) >= 11 is 5.85. The Bertz CT molecular complexity index is 644. The minimum Gasteiger partial charge on any atom is -0.455 e. The fraction of sp³-hybridized carbons (Fsp3) is 0.500. The third kappa shape index (κ3) is 3.96. The molecular formula is C18H20ClNO4. The number of hydrogen-bond donors (Lipinski definition) is 1. The highest BCUT2D eigenvalue weighted by molar-refractivity contribution is 6.30. The molecule has 2 aliphatic rings. The second-order valence-corrected chi connectivity index (χ2v) is 7.00. The highest BCUT2D eigenvalue weighted by Crippen LogP contribution is 2.40. The van der Waals surface area contributed by atoms with Gasteiger partial charge < -0.3 is 10.1 Å². The Labute approximate surface area is 145 Å². The summed E-state index contributed by atoms with van der Waals surface area (Å²) in [5, 5.41) is 3.15. The number of ketones is 1. The molecule has 2 saturated carbocycles. The maximum atomic E-state index is 12.2. The van der Waals surface area contributed by atoms with Gasteiger partial charge >= 0.3 is 5.97 Å². The van der Waals surface area contributed by atoms with Gasteiger partial charge in [0.1, 0.15) is 5.78 Å². The van der Waals surface area contributed by atoms with E-state index >= 15 is 0 Å². The van der Waals surface area contributed by atoms with Crippen molar-refractivity contribution >= 4 is 34.9 Å². The Hall–Kier alpha value is -1.88. The Balaban J connectivity index is 1.48. The van der Waals surface area contributed by atoms with Crippen molar-refractivity contribution in [3.05, 3.63) is 29.3 Å². The molecule has 5 nitrogen and oxygen atoms in total. The molecule has 0 aromatic heterocycles. The summed E-state index contributed by atoms with van der Waals surface area (Å²) < 4.78 is 5.15. The number of hydrogen-bond acceptors (Lipinski definition) is 4. The average molecular weight is 350 g/mol. The van der Waals surface area contributed by atoms with Crippen molar-refractivity contribution in [3.8, 4) is 0 Å². The lowest BCUT2D eigenvalue weighted by Gasteiger charge is -2.36. The predicted octanol–water partition coefficient (Wildman–Crippen LogP) is 3.22. The molecule has 1 aromatic rings. The molecular weight excluding hydrogens is 330 g/mol. The highest BCUT2D eigenvalue weighted by Gasteiger charge is 2.41. The van der Waals surface area contributed by atoms with E-state index in [1.54, 1.807) is 24.3 Å². The van der Waals surface area contributed by atoms with Gasteiger partial charge in [-0.2, -0.15) is 0 Å². The zero-order valence-electron chi connectivity index (χ0n) is 13.3. The van der Waals surface area contributed by atoms with Gasteiger partial charge in [-0.3, -0.25) is 14.4 Å². The molecule has 6 heteroatoms. The van der Waals surface area contributed by atoms with Crippen molar-refractivity contribution in [2.24, 2.45) is 17.8 Å². The lowest BCUT2D eigenvalue weighted by atomic mass is 9.67. The number of ether oxygens (including phenoxy) is 1. The number of Topliss-reactive ketones (excluding diaryl/α,β-unsaturated/α-hetero) is 1. The Morgan fingerprint density at radius 2 is 1.92 bits per heavy atom. The summed E-state index contributed by atoms with van der Waals surface area (Å²) in [7, 11) is 0. The molecule has 2 atom stereocenters. The molecule has 2 aliphatic carbocycles. The van der Waals surface area contributed by atoms with E-state index in [1.165, 1.54) is 0 Å². The summed E-state index contributed by atoms with van der Waals surface area (Å²) in [5.74, 6) is -0.745. The standard InChI is InChI=1S/C18H20ClNO4/c19-14-5-2-6-15(9-14)20-16(21)10-24-18(23)13-7-11-3-1-4-12(8-13)17(11)22/h2,5-6,9,11-13H,1,3-4,7-8,10H2,(H,20,21)/t11-,12-/m1/s1. The van der Waals surface area contributed by atoms with Crippen molar-refractivity contribution in [3.63, 3.8) is 0 Å². The second-order valence-electron chi connectivity index (χ2n) is 6.56. The molecule has 1 aromatic carbocycles. The van der Waals surface area contributed by atoms with Gasteiger partial charge in [0, 0.05) is 22.5 Å². The van der Waals surface area contributed by atoms with Crippen molar-refractivity contribution < 1.29 is 19.1 Å². The molecule has 0 aliphatic heterocycles. The quantitative estimate of drug-likeness (QED) is 0.847. The van der Waals surface area contributed by atoms with Crippen molar-refractivity contribution in [2.75, 3.05) is 11.9 Å². The molecule has 0 radical (unpaired) electrons. The predicted molar refractivity (Wildman–Crippen MR) is 89.6 cm³/mol. The van der Waals surface area contributed by atoms with Crippen LogP contribution in [0.5, 0.6) is 0 Å². The van der Waals surface area contributed by atoms with Crippen LogP contribution in [0.1, 0.15) is 32.1 Å². The van der Waals surface area contributed by atoms with Gasteiger partial charge in [0.25, 0.3) is 5.91 Å². The van der Waals surface area contributed by atoms with E-state index in [0.29, 0.717) is 29.3 Å². The van der Waals surface area contributed by atoms with Gasteiger partial charge in [0.15, 0.2) is 6.61 Å². The van der Waals surface area contributed by atoms with Crippen LogP contribution < -0.4 is 5.32 Å². The minimum absolute atomic E-state index is 0.00432. The summed E-state index contributed by atoms with van der Waals surface area (Å²) in [6.45, 7) is -0.328. The largest absolute Gasteiger partial charge is 0.455 e. The zero-order chi connectivity index (χ0) is 17.1. The molecule has 0 saturated heterocycles. The van der Waals surface area contributed by atoms with E-state index in [-0.39, 0.29) is 30.3 Å². The van der Waals surface area contributed by atoms with Gasteiger partial charge in [-0.25, -0.2) is 0 Å². The number of carbonyl (C=O) groups excluding carboxylic acids is 3. The lowest BCUT2D eigenvalue weighted by Crippen LogP contribution is -2.40. The summed E-state index contributed by atoms with van der Waals surface area (Å²) in [4.78, 5) is 36.1. The van der Waals surface area contributed by atoms with Gasteiger partial charge in [0.2, 0.25) is 0 Å². The maximum absolute atomic E-state index is 12.2. The summed E-state index contributed by atoms with van der Waals surface area (Å²) in [6, 6.07) is 6.76. The minimum atomic E-state index is -0.405. The third-order valence-electron chi connectivity index (χ3n) is 4.84. The van der Waals surface area contributed by atoms with Gasteiger partial charge in [0.05, 0.1) is 5.92 Å². The van der Waals surface area contributed by atoms with Crippen LogP contribution in [-0.2, 0) is 19.1 Å². The highest BCUT2D eigenvalue weighted by atomic mass is 35.5. The first-order chi connectivity index (χ1) is 11.5. The first-order valence-electron chi connectivity index (χ1n) is 8.28. The fourth-order valence-corrected chi connectivity index (χ4v) is 3.88. The number of fused-ring (bicyclic) bond motifs is 2. The van der Waals surface area contributed by atoms with Gasteiger partial charge in [-0.1, -0.05) is 24.1 Å². The average Bonchev–Trinajstić information content (AvgIpc) is 2.52. The molecule has 24 heavy (non-hydrogen) atoms. The molecule has 3 rings (SSSR count). The first-order valence-corrected chi connectivity index (χ1v) is 8.66. The monoisotopic (exact) mass is 349 g/mol. The van der Waals surface area contributed by atoms with Crippen LogP contribution in [-0.4, -0.2) is 24.3 Å². The number of rotatable bonds is 4. The van der Waals surface area contributed by atoms with E-state index in [0.717, 1.165) is 19.3 Å². The first kappa shape index (κ1) is 17.0. The van der Waals surface area contributed by atoms with E-state index in [1.807, 2.05) is 0 Å². The van der Waals surface area contributed by atoms with Crippen LogP contribution in [0.2, 0.25) is 5.02 Å². The van der Waals surface area contributed by atoms with E-state index in [4.69, 9.17) is 16.3 Å². The van der Waals surface area contributed by atoms with Crippen LogP contribution in [0.15, 0.2) is 24.3 Å². The van der Waals surface area contributed by atoms with E-state index < -0.39 is 5.91 Å². The van der Waals surface area contributed by atoms with Gasteiger partial charge in [-0.15, -0.1) is 0 Å². The van der Waals surface area contributed by atoms with Gasteiger partial charge in [-0.05, 0) is 43.9 Å².